The quantitative estimate of drug-likeness (QED) is 0.337. The monoisotopic (exact) mass is 393 g/mol. The van der Waals surface area contributed by atoms with Crippen molar-refractivity contribution >= 4 is 29.3 Å². The molecule has 10 heteroatoms. The van der Waals surface area contributed by atoms with E-state index in [0.29, 0.717) is 6.61 Å². The number of ether oxygens (including phenoxy) is 1. The van der Waals surface area contributed by atoms with Crippen LogP contribution in [0.15, 0.2) is 41.3 Å². The first-order chi connectivity index (χ1) is 11.7. The van der Waals surface area contributed by atoms with Crippen LogP contribution in [0, 0.1) is 10.1 Å². The molecule has 0 heterocycles. The van der Waals surface area contributed by atoms with Crippen molar-refractivity contribution in [3.8, 4) is 11.5 Å². The van der Waals surface area contributed by atoms with Gasteiger partial charge in [0.15, 0.2) is 0 Å². The Kier molecular flexibility index (Phi) is 6.15. The van der Waals surface area contributed by atoms with Crippen molar-refractivity contribution in [2.75, 3.05) is 6.61 Å². The molecule has 0 aromatic heterocycles. The van der Waals surface area contributed by atoms with Gasteiger partial charge in [0.2, 0.25) is 0 Å². The minimum atomic E-state index is -4.52. The molecule has 0 radical (unpaired) electrons. The first-order valence-corrected chi connectivity index (χ1v) is 7.97. The van der Waals surface area contributed by atoms with Gasteiger partial charge >= 0.3 is 6.18 Å². The molecule has 0 saturated heterocycles. The van der Waals surface area contributed by atoms with Gasteiger partial charge in [-0.15, -0.1) is 0 Å². The summed E-state index contributed by atoms with van der Waals surface area (Å²) in [6.45, 7) is 2.05. The number of nitro benzene ring substituents is 1. The van der Waals surface area contributed by atoms with Gasteiger partial charge in [-0.05, 0) is 31.2 Å². The Morgan fingerprint density at radius 2 is 1.96 bits per heavy atom. The zero-order valence-electron chi connectivity index (χ0n) is 12.7. The summed E-state index contributed by atoms with van der Waals surface area (Å²) < 4.78 is 48.5. The van der Waals surface area contributed by atoms with Crippen molar-refractivity contribution in [3.05, 3.63) is 57.1 Å². The number of hydrogen-bond acceptors (Lipinski definition) is 5. The number of halogens is 4. The Bertz CT molecular complexity index is 786. The Morgan fingerprint density at radius 3 is 2.52 bits per heavy atom. The van der Waals surface area contributed by atoms with Gasteiger partial charge in [0.05, 0.1) is 22.1 Å². The summed E-state index contributed by atoms with van der Waals surface area (Å²) in [6.07, 6.45) is -4.52. The Morgan fingerprint density at radius 1 is 1.24 bits per heavy atom. The molecule has 0 N–H and O–H groups in total. The van der Waals surface area contributed by atoms with Gasteiger partial charge in [0, 0.05) is 24.2 Å². The number of benzene rings is 2. The van der Waals surface area contributed by atoms with Crippen LogP contribution in [0.1, 0.15) is 12.5 Å². The van der Waals surface area contributed by atoms with Crippen molar-refractivity contribution in [1.82, 2.24) is 0 Å². The molecular weight excluding hydrogens is 383 g/mol. The molecule has 0 aliphatic heterocycles. The highest BCUT2D eigenvalue weighted by molar-refractivity contribution is 7.94. The van der Waals surface area contributed by atoms with E-state index in [0.717, 1.165) is 30.2 Å². The van der Waals surface area contributed by atoms with Gasteiger partial charge in [0.25, 0.3) is 5.69 Å². The third-order valence-corrected chi connectivity index (χ3v) is 4.04. The minimum Gasteiger partial charge on any atom is -0.456 e. The molecule has 0 unspecified atom stereocenters. The van der Waals surface area contributed by atoms with Crippen LogP contribution >= 0.6 is 23.6 Å². The second-order valence-electron chi connectivity index (χ2n) is 4.62. The fourth-order valence-electron chi connectivity index (χ4n) is 1.78. The van der Waals surface area contributed by atoms with Crippen LogP contribution in [0.25, 0.3) is 0 Å². The minimum absolute atomic E-state index is 0.00382. The summed E-state index contributed by atoms with van der Waals surface area (Å²) in [6, 6.07) is 6.56. The standard InChI is InChI=1S/C15H11ClF3NO4S/c1-2-23-25-14-8-10(4-5-12(14)20(21)22)24-13-6-3-9(7-11(13)16)15(17,18)19/h3-8H,2H2,1H3. The highest BCUT2D eigenvalue weighted by Gasteiger charge is 2.31. The predicted molar refractivity (Wildman–Crippen MR) is 87.1 cm³/mol. The second kappa shape index (κ2) is 7.94. The second-order valence-corrected chi connectivity index (χ2v) is 5.87. The van der Waals surface area contributed by atoms with Crippen LogP contribution < -0.4 is 4.74 Å². The molecule has 0 bridgehead atoms. The van der Waals surface area contributed by atoms with Crippen LogP contribution in [-0.2, 0) is 10.4 Å². The summed E-state index contributed by atoms with van der Waals surface area (Å²) in [5, 5.41) is 10.8. The molecule has 0 spiro atoms. The van der Waals surface area contributed by atoms with Crippen LogP contribution in [-0.4, -0.2) is 11.5 Å². The molecule has 0 saturated carbocycles. The average Bonchev–Trinajstić information content (AvgIpc) is 2.53. The highest BCUT2D eigenvalue weighted by atomic mass is 35.5. The van der Waals surface area contributed by atoms with E-state index in [-0.39, 0.29) is 27.1 Å². The third-order valence-electron chi connectivity index (χ3n) is 2.88. The van der Waals surface area contributed by atoms with E-state index in [4.69, 9.17) is 20.5 Å². The molecule has 25 heavy (non-hydrogen) atoms. The lowest BCUT2D eigenvalue weighted by Gasteiger charge is -2.12. The number of nitrogens with zero attached hydrogens (tertiary/aromatic N) is 1. The van der Waals surface area contributed by atoms with Gasteiger partial charge in [-0.25, -0.2) is 0 Å². The van der Waals surface area contributed by atoms with E-state index < -0.39 is 16.7 Å². The van der Waals surface area contributed by atoms with E-state index in [1.807, 2.05) is 0 Å². The maximum Gasteiger partial charge on any atom is 0.416 e. The molecule has 0 amide bonds. The van der Waals surface area contributed by atoms with E-state index in [1.54, 1.807) is 6.92 Å². The van der Waals surface area contributed by atoms with Crippen molar-refractivity contribution in [2.24, 2.45) is 0 Å². The Balaban J connectivity index is 2.29. The molecular formula is C15H11ClF3NO4S. The lowest BCUT2D eigenvalue weighted by molar-refractivity contribution is -0.387. The van der Waals surface area contributed by atoms with Gasteiger partial charge in [-0.3, -0.25) is 10.1 Å². The molecule has 134 valence electrons. The van der Waals surface area contributed by atoms with E-state index in [1.165, 1.54) is 18.2 Å². The lowest BCUT2D eigenvalue weighted by Crippen LogP contribution is -2.04. The Hall–Kier alpha value is -1.97. The normalized spacial score (nSPS) is 11.4. The summed E-state index contributed by atoms with van der Waals surface area (Å²) in [5.74, 6) is 0.172. The zero-order valence-corrected chi connectivity index (χ0v) is 14.2. The van der Waals surface area contributed by atoms with Gasteiger partial charge in [-0.2, -0.15) is 13.2 Å². The van der Waals surface area contributed by atoms with E-state index in [9.17, 15) is 23.3 Å². The molecule has 0 aliphatic rings. The molecule has 2 aromatic carbocycles. The van der Waals surface area contributed by atoms with Crippen molar-refractivity contribution in [3.63, 3.8) is 0 Å². The zero-order chi connectivity index (χ0) is 18.6. The highest BCUT2D eigenvalue weighted by Crippen LogP contribution is 2.38. The fraction of sp³-hybridized carbons (Fsp3) is 0.200. The fourth-order valence-corrected chi connectivity index (χ4v) is 2.64. The van der Waals surface area contributed by atoms with Crippen molar-refractivity contribution < 1.29 is 27.0 Å². The van der Waals surface area contributed by atoms with Gasteiger partial charge in [-0.1, -0.05) is 11.6 Å². The smallest absolute Gasteiger partial charge is 0.416 e. The molecule has 0 aliphatic carbocycles. The van der Waals surface area contributed by atoms with Crippen LogP contribution in [0.3, 0.4) is 0 Å². The topological polar surface area (TPSA) is 61.6 Å². The van der Waals surface area contributed by atoms with Crippen molar-refractivity contribution in [1.29, 1.82) is 0 Å². The van der Waals surface area contributed by atoms with Crippen molar-refractivity contribution in [2.45, 2.75) is 18.0 Å². The largest absolute Gasteiger partial charge is 0.456 e. The summed E-state index contributed by atoms with van der Waals surface area (Å²) in [4.78, 5) is 10.6. The molecule has 2 rings (SSSR count). The lowest BCUT2D eigenvalue weighted by atomic mass is 10.2. The molecule has 2 aromatic rings. The maximum atomic E-state index is 12.6. The van der Waals surface area contributed by atoms with Crippen LogP contribution in [0.2, 0.25) is 5.02 Å². The predicted octanol–water partition coefficient (Wildman–Crippen LogP) is 6.10. The first kappa shape index (κ1) is 19.4. The number of rotatable bonds is 6. The number of nitro groups is 1. The SMILES string of the molecule is CCOSc1cc(Oc2ccc(C(F)(F)F)cc2Cl)ccc1[N+](=O)[O-]. The molecule has 0 atom stereocenters. The van der Waals surface area contributed by atoms with E-state index >= 15 is 0 Å². The summed E-state index contributed by atoms with van der Waals surface area (Å²) >= 11 is 6.63. The van der Waals surface area contributed by atoms with Crippen LogP contribution in [0.5, 0.6) is 11.5 Å². The van der Waals surface area contributed by atoms with Crippen LogP contribution in [0.4, 0.5) is 18.9 Å². The number of alkyl halides is 3. The molecule has 5 nitrogen and oxygen atoms in total. The maximum absolute atomic E-state index is 12.6. The Labute approximate surface area is 150 Å². The number of hydrogen-bond donors (Lipinski definition) is 0. The van der Waals surface area contributed by atoms with E-state index in [2.05, 4.69) is 0 Å². The van der Waals surface area contributed by atoms with Gasteiger partial charge < -0.3 is 8.92 Å². The summed E-state index contributed by atoms with van der Waals surface area (Å²) in [7, 11) is 0. The first-order valence-electron chi connectivity index (χ1n) is 6.85. The average molecular weight is 394 g/mol. The molecule has 0 fully saturated rings. The third kappa shape index (κ3) is 5.00. The van der Waals surface area contributed by atoms with Gasteiger partial charge in [0.1, 0.15) is 16.4 Å². The summed E-state index contributed by atoms with van der Waals surface area (Å²) in [5.41, 5.74) is -1.08.